The van der Waals surface area contributed by atoms with E-state index in [2.05, 4.69) is 24.2 Å². The number of nitrogens with zero attached hydrogens (tertiary/aromatic N) is 1. The van der Waals surface area contributed by atoms with Crippen molar-refractivity contribution in [3.63, 3.8) is 0 Å². The predicted octanol–water partition coefficient (Wildman–Crippen LogP) is 2.06. The minimum absolute atomic E-state index is 0.411. The van der Waals surface area contributed by atoms with Crippen LogP contribution in [0.5, 0.6) is 0 Å². The van der Waals surface area contributed by atoms with Crippen molar-refractivity contribution in [3.05, 3.63) is 0 Å². The molecule has 0 bridgehead atoms. The lowest BCUT2D eigenvalue weighted by molar-refractivity contribution is 0.313. The smallest absolute Gasteiger partial charge is 0.0824 e. The Balaban J connectivity index is 0.000000461. The highest BCUT2D eigenvalue weighted by molar-refractivity contribution is 5.55. The van der Waals surface area contributed by atoms with Gasteiger partial charge >= 0.3 is 0 Å². The summed E-state index contributed by atoms with van der Waals surface area (Å²) in [7, 11) is 0. The van der Waals surface area contributed by atoms with Crippen LogP contribution in [0.2, 0.25) is 0 Å². The van der Waals surface area contributed by atoms with E-state index < -0.39 is 0 Å². The van der Waals surface area contributed by atoms with Crippen molar-refractivity contribution >= 4 is 6.34 Å². The normalized spacial score (nSPS) is 28.4. The highest BCUT2D eigenvalue weighted by Gasteiger charge is 2.22. The van der Waals surface area contributed by atoms with Crippen LogP contribution >= 0.6 is 0 Å². The number of nitrogens with one attached hydrogen (secondary N) is 1. The second kappa shape index (κ2) is 5.16. The van der Waals surface area contributed by atoms with Crippen molar-refractivity contribution in [2.24, 2.45) is 10.4 Å². The van der Waals surface area contributed by atoms with Crippen molar-refractivity contribution in [3.8, 4) is 0 Å². The Labute approximate surface area is 70.1 Å². The van der Waals surface area contributed by atoms with Crippen LogP contribution in [-0.2, 0) is 0 Å². The highest BCUT2D eigenvalue weighted by Crippen LogP contribution is 2.21. The maximum atomic E-state index is 4.16. The van der Waals surface area contributed by atoms with Gasteiger partial charge in [-0.1, -0.05) is 27.7 Å². The zero-order chi connectivity index (χ0) is 8.74. The molecule has 0 aliphatic carbocycles. The summed E-state index contributed by atoms with van der Waals surface area (Å²) in [6.07, 6.45) is 3.01. The topological polar surface area (TPSA) is 24.4 Å². The Hall–Kier alpha value is -0.530. The summed E-state index contributed by atoms with van der Waals surface area (Å²) < 4.78 is 0. The number of hydrogen-bond acceptors (Lipinski definition) is 2. The molecule has 0 aromatic rings. The van der Waals surface area contributed by atoms with Gasteiger partial charge < -0.3 is 5.32 Å². The molecule has 1 atom stereocenters. The molecule has 0 aromatic heterocycles. The van der Waals surface area contributed by atoms with Gasteiger partial charge in [-0.2, -0.15) is 0 Å². The van der Waals surface area contributed by atoms with Gasteiger partial charge in [0.15, 0.2) is 0 Å². The molecule has 1 unspecified atom stereocenters. The Kier molecular flexibility index (Phi) is 4.92. The summed E-state index contributed by atoms with van der Waals surface area (Å²) in [6.45, 7) is 10.5. The molecule has 0 radical (unpaired) electrons. The number of hydrogen-bond donors (Lipinski definition) is 1. The minimum atomic E-state index is 0.411. The second-order valence-corrected chi connectivity index (χ2v) is 3.01. The molecule has 1 aliphatic heterocycles. The lowest BCUT2D eigenvalue weighted by Gasteiger charge is -2.28. The van der Waals surface area contributed by atoms with Crippen LogP contribution in [0.15, 0.2) is 4.99 Å². The quantitative estimate of drug-likeness (QED) is 0.617. The molecule has 1 N–H and O–H groups in total. The fourth-order valence-corrected chi connectivity index (χ4v) is 0.915. The lowest BCUT2D eigenvalue weighted by Crippen LogP contribution is -2.37. The van der Waals surface area contributed by atoms with Crippen LogP contribution in [0.4, 0.5) is 0 Å². The third-order valence-corrected chi connectivity index (χ3v) is 2.04. The third kappa shape index (κ3) is 3.40. The zero-order valence-electron chi connectivity index (χ0n) is 8.15. The first-order valence-corrected chi connectivity index (χ1v) is 4.48. The molecule has 1 rings (SSSR count). The van der Waals surface area contributed by atoms with Crippen LogP contribution < -0.4 is 5.32 Å². The summed E-state index contributed by atoms with van der Waals surface area (Å²) in [4.78, 5) is 4.16. The van der Waals surface area contributed by atoms with E-state index >= 15 is 0 Å². The third-order valence-electron chi connectivity index (χ3n) is 2.04. The first-order valence-electron chi connectivity index (χ1n) is 4.48. The summed E-state index contributed by atoms with van der Waals surface area (Å²) in [5.74, 6) is 0. The van der Waals surface area contributed by atoms with Gasteiger partial charge in [-0.25, -0.2) is 0 Å². The zero-order valence-corrected chi connectivity index (χ0v) is 8.15. The maximum Gasteiger partial charge on any atom is 0.0824 e. The first-order chi connectivity index (χ1) is 5.27. The van der Waals surface area contributed by atoms with Crippen LogP contribution in [0.3, 0.4) is 0 Å². The average Bonchev–Trinajstić information content (AvgIpc) is 2.10. The van der Waals surface area contributed by atoms with Gasteiger partial charge in [0, 0.05) is 18.5 Å². The monoisotopic (exact) mass is 156 g/mol. The van der Waals surface area contributed by atoms with E-state index in [9.17, 15) is 0 Å². The van der Waals surface area contributed by atoms with E-state index in [-0.39, 0.29) is 0 Å². The summed E-state index contributed by atoms with van der Waals surface area (Å²) in [6, 6.07) is 0. The summed E-state index contributed by atoms with van der Waals surface area (Å²) in [5.41, 5.74) is 0.411. The Bertz CT molecular complexity index is 121. The van der Waals surface area contributed by atoms with E-state index in [4.69, 9.17) is 0 Å². The van der Waals surface area contributed by atoms with Gasteiger partial charge in [0.1, 0.15) is 0 Å². The van der Waals surface area contributed by atoms with Gasteiger partial charge in [0.2, 0.25) is 0 Å². The molecular weight excluding hydrogens is 136 g/mol. The summed E-state index contributed by atoms with van der Waals surface area (Å²) >= 11 is 0. The molecular formula is C9H20N2. The fourth-order valence-electron chi connectivity index (χ4n) is 0.915. The molecule has 0 fully saturated rings. The van der Waals surface area contributed by atoms with Crippen molar-refractivity contribution < 1.29 is 0 Å². The highest BCUT2D eigenvalue weighted by atomic mass is 15.0. The van der Waals surface area contributed by atoms with Gasteiger partial charge in [-0.3, -0.25) is 4.99 Å². The van der Waals surface area contributed by atoms with Gasteiger partial charge in [-0.15, -0.1) is 0 Å². The van der Waals surface area contributed by atoms with Crippen LogP contribution in [0.25, 0.3) is 0 Å². The van der Waals surface area contributed by atoms with Crippen molar-refractivity contribution in [2.45, 2.75) is 34.1 Å². The number of aliphatic imine (C=N–C) groups is 1. The van der Waals surface area contributed by atoms with Crippen molar-refractivity contribution in [2.75, 3.05) is 13.1 Å². The van der Waals surface area contributed by atoms with Gasteiger partial charge in [0.25, 0.3) is 0 Å². The maximum absolute atomic E-state index is 4.16. The molecule has 66 valence electrons. The largest absolute Gasteiger partial charge is 0.376 e. The SMILES string of the molecule is CC.CCC1(C)CN=CNC1. The molecule has 1 aliphatic rings. The van der Waals surface area contributed by atoms with E-state index in [0.717, 1.165) is 13.1 Å². The standard InChI is InChI=1S/C7H14N2.C2H6/c1-3-7(2)4-8-6-9-5-7;1-2/h6H,3-5H2,1-2H3,(H,8,9);1-2H3. The average molecular weight is 156 g/mol. The van der Waals surface area contributed by atoms with E-state index in [0.29, 0.717) is 5.41 Å². The van der Waals surface area contributed by atoms with Crippen LogP contribution in [-0.4, -0.2) is 19.4 Å². The van der Waals surface area contributed by atoms with E-state index in [1.54, 1.807) is 6.34 Å². The molecule has 2 heteroatoms. The second-order valence-electron chi connectivity index (χ2n) is 3.01. The Morgan fingerprint density at radius 1 is 1.55 bits per heavy atom. The Morgan fingerprint density at radius 3 is 2.45 bits per heavy atom. The molecule has 0 saturated heterocycles. The predicted molar refractivity (Wildman–Crippen MR) is 51.1 cm³/mol. The van der Waals surface area contributed by atoms with E-state index in [1.807, 2.05) is 13.8 Å². The lowest BCUT2D eigenvalue weighted by atomic mass is 9.87. The van der Waals surface area contributed by atoms with Gasteiger partial charge in [-0.05, 0) is 6.42 Å². The molecule has 0 amide bonds. The Morgan fingerprint density at radius 2 is 2.18 bits per heavy atom. The van der Waals surface area contributed by atoms with Crippen molar-refractivity contribution in [1.29, 1.82) is 0 Å². The van der Waals surface area contributed by atoms with E-state index in [1.165, 1.54) is 6.42 Å². The fraction of sp³-hybridized carbons (Fsp3) is 0.889. The molecule has 11 heavy (non-hydrogen) atoms. The summed E-state index contributed by atoms with van der Waals surface area (Å²) in [5, 5.41) is 3.13. The van der Waals surface area contributed by atoms with Crippen LogP contribution in [0, 0.1) is 5.41 Å². The van der Waals surface area contributed by atoms with Crippen LogP contribution in [0.1, 0.15) is 34.1 Å². The molecule has 0 aromatic carbocycles. The van der Waals surface area contributed by atoms with Gasteiger partial charge in [0.05, 0.1) is 6.34 Å². The molecule has 1 heterocycles. The molecule has 0 saturated carbocycles. The molecule has 2 nitrogen and oxygen atoms in total. The van der Waals surface area contributed by atoms with Crippen molar-refractivity contribution in [1.82, 2.24) is 5.32 Å². The first kappa shape index (κ1) is 10.5. The molecule has 0 spiro atoms. The minimum Gasteiger partial charge on any atom is -0.376 e. The number of rotatable bonds is 1.